The molecule has 1 atom stereocenters. The number of rotatable bonds is 8. The van der Waals surface area contributed by atoms with Crippen molar-refractivity contribution in [2.45, 2.75) is 12.6 Å². The van der Waals surface area contributed by atoms with Gasteiger partial charge in [0, 0.05) is 12.1 Å². The molecule has 1 amide bonds. The van der Waals surface area contributed by atoms with E-state index >= 15 is 0 Å². The van der Waals surface area contributed by atoms with Crippen molar-refractivity contribution in [1.29, 1.82) is 0 Å². The lowest BCUT2D eigenvalue weighted by atomic mass is 10.1. The number of furan rings is 1. The maximum atomic E-state index is 12.4. The van der Waals surface area contributed by atoms with Gasteiger partial charge < -0.3 is 14.5 Å². The zero-order valence-corrected chi connectivity index (χ0v) is 15.6. The molecule has 2 aromatic carbocycles. The Bertz CT molecular complexity index is 828. The maximum Gasteiger partial charge on any atom is 0.251 e. The highest BCUT2D eigenvalue weighted by atomic mass is 16.5. The highest BCUT2D eigenvalue weighted by molar-refractivity contribution is 5.94. The van der Waals surface area contributed by atoms with Crippen molar-refractivity contribution < 1.29 is 13.9 Å². The fraction of sp³-hybridized carbons (Fsp3) is 0.227. The van der Waals surface area contributed by atoms with Crippen molar-refractivity contribution in [3.63, 3.8) is 0 Å². The van der Waals surface area contributed by atoms with E-state index in [0.29, 0.717) is 18.7 Å². The second kappa shape index (κ2) is 9.05. The van der Waals surface area contributed by atoms with E-state index in [-0.39, 0.29) is 11.9 Å². The summed E-state index contributed by atoms with van der Waals surface area (Å²) in [4.78, 5) is 14.5. The van der Waals surface area contributed by atoms with E-state index in [0.717, 1.165) is 17.1 Å². The third-order valence-corrected chi connectivity index (χ3v) is 4.32. The number of hydrogen-bond donors (Lipinski definition) is 1. The molecule has 1 heterocycles. The molecule has 27 heavy (non-hydrogen) atoms. The SMILES string of the molecule is CN(C)[C@@H](CNC(=O)c1ccc(COc2ccccc2)cc1)c1ccco1. The molecule has 3 rings (SSSR count). The van der Waals surface area contributed by atoms with Crippen LogP contribution >= 0.6 is 0 Å². The Kier molecular flexibility index (Phi) is 6.28. The van der Waals surface area contributed by atoms with Crippen molar-refractivity contribution >= 4 is 5.91 Å². The van der Waals surface area contributed by atoms with Crippen molar-refractivity contribution in [3.8, 4) is 5.75 Å². The first-order valence-corrected chi connectivity index (χ1v) is 8.88. The quantitative estimate of drug-likeness (QED) is 0.659. The monoisotopic (exact) mass is 364 g/mol. The Balaban J connectivity index is 1.54. The summed E-state index contributed by atoms with van der Waals surface area (Å²) in [6, 6.07) is 20.9. The first-order chi connectivity index (χ1) is 13.1. The molecule has 1 N–H and O–H groups in total. The Morgan fingerprint density at radius 1 is 1.04 bits per heavy atom. The van der Waals surface area contributed by atoms with E-state index in [1.807, 2.05) is 85.7 Å². The molecule has 0 aliphatic carbocycles. The summed E-state index contributed by atoms with van der Waals surface area (Å²) >= 11 is 0. The Hall–Kier alpha value is -3.05. The van der Waals surface area contributed by atoms with Crippen LogP contribution in [0.2, 0.25) is 0 Å². The largest absolute Gasteiger partial charge is 0.489 e. The zero-order chi connectivity index (χ0) is 19.1. The number of nitrogens with zero attached hydrogens (tertiary/aromatic N) is 1. The first-order valence-electron chi connectivity index (χ1n) is 8.88. The standard InChI is InChI=1S/C22H24N2O3/c1-24(2)20(21-9-6-14-26-21)15-23-22(25)18-12-10-17(11-13-18)16-27-19-7-4-3-5-8-19/h3-14,20H,15-16H2,1-2H3,(H,23,25)/t20-/m0/s1. The Morgan fingerprint density at radius 2 is 1.78 bits per heavy atom. The summed E-state index contributed by atoms with van der Waals surface area (Å²) in [6.45, 7) is 0.936. The highest BCUT2D eigenvalue weighted by Crippen LogP contribution is 2.18. The number of carbonyl (C=O) groups excluding carboxylic acids is 1. The van der Waals surface area contributed by atoms with Crippen LogP contribution in [0.3, 0.4) is 0 Å². The summed E-state index contributed by atoms with van der Waals surface area (Å²) in [6.07, 6.45) is 1.64. The first kappa shape index (κ1) is 18.7. The van der Waals surface area contributed by atoms with E-state index in [4.69, 9.17) is 9.15 Å². The average Bonchev–Trinajstić information content (AvgIpc) is 3.22. The number of likely N-dealkylation sites (N-methyl/N-ethyl adjacent to an activating group) is 1. The van der Waals surface area contributed by atoms with E-state index in [1.54, 1.807) is 6.26 Å². The molecule has 3 aromatic rings. The van der Waals surface area contributed by atoms with Gasteiger partial charge in [0.25, 0.3) is 5.91 Å². The predicted octanol–water partition coefficient (Wildman–Crippen LogP) is 3.89. The molecule has 0 saturated carbocycles. The Labute approximate surface area is 159 Å². The summed E-state index contributed by atoms with van der Waals surface area (Å²) in [5.74, 6) is 1.55. The summed E-state index contributed by atoms with van der Waals surface area (Å²) in [5, 5.41) is 2.97. The molecule has 0 saturated heterocycles. The second-order valence-corrected chi connectivity index (χ2v) is 6.50. The van der Waals surface area contributed by atoms with Gasteiger partial charge in [-0.2, -0.15) is 0 Å². The van der Waals surface area contributed by atoms with Crippen LogP contribution in [0, 0.1) is 0 Å². The second-order valence-electron chi connectivity index (χ2n) is 6.50. The van der Waals surface area contributed by atoms with Crippen LogP contribution < -0.4 is 10.1 Å². The number of benzene rings is 2. The summed E-state index contributed by atoms with van der Waals surface area (Å²) in [7, 11) is 3.92. The van der Waals surface area contributed by atoms with E-state index in [2.05, 4.69) is 5.32 Å². The van der Waals surface area contributed by atoms with Gasteiger partial charge in [-0.25, -0.2) is 0 Å². The molecule has 0 fully saturated rings. The zero-order valence-electron chi connectivity index (χ0n) is 15.6. The average molecular weight is 364 g/mol. The topological polar surface area (TPSA) is 54.7 Å². The number of nitrogens with one attached hydrogen (secondary N) is 1. The fourth-order valence-corrected chi connectivity index (χ4v) is 2.75. The number of carbonyl (C=O) groups is 1. The molecule has 0 aliphatic heterocycles. The lowest BCUT2D eigenvalue weighted by molar-refractivity contribution is 0.0939. The molecule has 0 spiro atoms. The van der Waals surface area contributed by atoms with Gasteiger partial charge >= 0.3 is 0 Å². The van der Waals surface area contributed by atoms with E-state index in [1.165, 1.54) is 0 Å². The van der Waals surface area contributed by atoms with Gasteiger partial charge in [-0.15, -0.1) is 0 Å². The van der Waals surface area contributed by atoms with Gasteiger partial charge in [0.1, 0.15) is 18.1 Å². The molecular formula is C22H24N2O3. The van der Waals surface area contributed by atoms with Gasteiger partial charge in [-0.05, 0) is 56.1 Å². The predicted molar refractivity (Wildman–Crippen MR) is 105 cm³/mol. The van der Waals surface area contributed by atoms with Crippen LogP contribution in [0.4, 0.5) is 0 Å². The summed E-state index contributed by atoms with van der Waals surface area (Å²) < 4.78 is 11.2. The third-order valence-electron chi connectivity index (χ3n) is 4.32. The summed E-state index contributed by atoms with van der Waals surface area (Å²) in [5.41, 5.74) is 1.63. The Morgan fingerprint density at radius 3 is 2.41 bits per heavy atom. The highest BCUT2D eigenvalue weighted by Gasteiger charge is 2.18. The lowest BCUT2D eigenvalue weighted by Crippen LogP contribution is -2.34. The molecule has 0 bridgehead atoms. The minimum Gasteiger partial charge on any atom is -0.489 e. The fourth-order valence-electron chi connectivity index (χ4n) is 2.75. The maximum absolute atomic E-state index is 12.4. The lowest BCUT2D eigenvalue weighted by Gasteiger charge is -2.22. The van der Waals surface area contributed by atoms with Crippen LogP contribution in [-0.2, 0) is 6.61 Å². The van der Waals surface area contributed by atoms with Gasteiger partial charge in [0.2, 0.25) is 0 Å². The number of hydrogen-bond acceptors (Lipinski definition) is 4. The normalized spacial score (nSPS) is 12.0. The number of para-hydroxylation sites is 1. The minimum atomic E-state index is -0.107. The third kappa shape index (κ3) is 5.21. The van der Waals surface area contributed by atoms with E-state index in [9.17, 15) is 4.79 Å². The van der Waals surface area contributed by atoms with Crippen molar-refractivity contribution in [2.24, 2.45) is 0 Å². The number of ether oxygens (including phenoxy) is 1. The van der Waals surface area contributed by atoms with Crippen LogP contribution in [-0.4, -0.2) is 31.4 Å². The molecule has 0 radical (unpaired) electrons. The smallest absolute Gasteiger partial charge is 0.251 e. The molecule has 0 aliphatic rings. The van der Waals surface area contributed by atoms with Crippen LogP contribution in [0.1, 0.15) is 27.7 Å². The molecule has 5 nitrogen and oxygen atoms in total. The van der Waals surface area contributed by atoms with Crippen molar-refractivity contribution in [1.82, 2.24) is 10.2 Å². The molecule has 5 heteroatoms. The van der Waals surface area contributed by atoms with Crippen LogP contribution in [0.25, 0.3) is 0 Å². The number of amides is 1. The van der Waals surface area contributed by atoms with E-state index < -0.39 is 0 Å². The van der Waals surface area contributed by atoms with Crippen molar-refractivity contribution in [2.75, 3.05) is 20.6 Å². The minimum absolute atomic E-state index is 0.0116. The molecular weight excluding hydrogens is 340 g/mol. The van der Waals surface area contributed by atoms with Crippen LogP contribution in [0.5, 0.6) is 5.75 Å². The molecule has 0 unspecified atom stereocenters. The van der Waals surface area contributed by atoms with Gasteiger partial charge in [0.05, 0.1) is 12.3 Å². The van der Waals surface area contributed by atoms with Gasteiger partial charge in [0.15, 0.2) is 0 Å². The van der Waals surface area contributed by atoms with Crippen molar-refractivity contribution in [3.05, 3.63) is 89.9 Å². The van der Waals surface area contributed by atoms with Gasteiger partial charge in [-0.3, -0.25) is 9.69 Å². The molecule has 140 valence electrons. The van der Waals surface area contributed by atoms with Crippen LogP contribution in [0.15, 0.2) is 77.4 Å². The van der Waals surface area contributed by atoms with Gasteiger partial charge in [-0.1, -0.05) is 30.3 Å². The molecule has 1 aromatic heterocycles.